The second-order valence-electron chi connectivity index (χ2n) is 8.96. The number of amides is 1. The van der Waals surface area contributed by atoms with E-state index >= 15 is 0 Å². The summed E-state index contributed by atoms with van der Waals surface area (Å²) in [7, 11) is -3.38. The highest BCUT2D eigenvalue weighted by molar-refractivity contribution is 7.90. The quantitative estimate of drug-likeness (QED) is 0.314. The van der Waals surface area contributed by atoms with Crippen molar-refractivity contribution in [3.63, 3.8) is 0 Å². The lowest BCUT2D eigenvalue weighted by Crippen LogP contribution is -2.31. The molecule has 0 spiro atoms. The van der Waals surface area contributed by atoms with Crippen molar-refractivity contribution in [2.75, 3.05) is 11.2 Å². The van der Waals surface area contributed by atoms with Crippen molar-refractivity contribution >= 4 is 44.8 Å². The van der Waals surface area contributed by atoms with Crippen LogP contribution < -0.4 is 10.5 Å². The summed E-state index contributed by atoms with van der Waals surface area (Å²) in [6.45, 7) is 1.47. The molecule has 0 unspecified atom stereocenters. The van der Waals surface area contributed by atoms with Crippen LogP contribution in [0, 0.1) is 0 Å². The molecular weight excluding hydrogens is 531 g/mol. The predicted octanol–water partition coefficient (Wildman–Crippen LogP) is 5.92. The number of sulfone groups is 1. The number of benzene rings is 3. The fourth-order valence-electron chi connectivity index (χ4n) is 4.87. The van der Waals surface area contributed by atoms with Crippen molar-refractivity contribution in [1.29, 1.82) is 0 Å². The molecule has 0 N–H and O–H groups in total. The lowest BCUT2D eigenvalue weighted by Gasteiger charge is -2.27. The average molecular weight is 553 g/mol. The van der Waals surface area contributed by atoms with Gasteiger partial charge in [0, 0.05) is 28.8 Å². The van der Waals surface area contributed by atoms with E-state index in [1.807, 2.05) is 24.3 Å². The molecule has 4 aromatic rings. The summed E-state index contributed by atoms with van der Waals surface area (Å²) in [6.07, 6.45) is 1.14. The summed E-state index contributed by atoms with van der Waals surface area (Å²) in [4.78, 5) is 28.8. The molecule has 1 aliphatic rings. The Morgan fingerprint density at radius 2 is 1.27 bits per heavy atom. The molecule has 0 saturated heterocycles. The molecule has 9 heteroatoms. The van der Waals surface area contributed by atoms with Crippen LogP contribution in [0.1, 0.15) is 30.1 Å². The van der Waals surface area contributed by atoms with Gasteiger partial charge in [0.25, 0.3) is 5.56 Å². The summed E-state index contributed by atoms with van der Waals surface area (Å²) in [6, 6.07) is 23.0. The van der Waals surface area contributed by atoms with Crippen LogP contribution in [0.25, 0.3) is 11.1 Å². The Morgan fingerprint density at radius 1 is 0.757 bits per heavy atom. The molecule has 5 rings (SSSR count). The predicted molar refractivity (Wildman–Crippen MR) is 146 cm³/mol. The normalized spacial score (nSPS) is 17.0. The van der Waals surface area contributed by atoms with E-state index in [1.54, 1.807) is 58.0 Å². The van der Waals surface area contributed by atoms with Gasteiger partial charge in [-0.15, -0.1) is 0 Å². The Kier molecular flexibility index (Phi) is 6.48. The first-order valence-corrected chi connectivity index (χ1v) is 14.1. The number of hydrogen-bond donors (Lipinski definition) is 0. The van der Waals surface area contributed by atoms with Gasteiger partial charge >= 0.3 is 0 Å². The third kappa shape index (κ3) is 4.59. The third-order valence-electron chi connectivity index (χ3n) is 6.55. The van der Waals surface area contributed by atoms with Crippen LogP contribution in [0.15, 0.2) is 94.6 Å². The standard InChI is InChI=1S/C28H22Cl2N2O4S/c1-17(33)31-25-16-15-24(18-7-13-23(14-8-18)37(2,35)36)28(34)32(25)27(20-5-11-22(30)12-6-20)26(31)19-3-9-21(29)10-4-19/h3-16,26-27H,1-2H3/t26-,27+/m0/s1. The highest BCUT2D eigenvalue weighted by atomic mass is 35.5. The van der Waals surface area contributed by atoms with Gasteiger partial charge in [-0.05, 0) is 65.2 Å². The molecular formula is C28H22Cl2N2O4S. The van der Waals surface area contributed by atoms with Crippen molar-refractivity contribution in [1.82, 2.24) is 4.57 Å². The van der Waals surface area contributed by atoms with Crippen LogP contribution in [-0.2, 0) is 14.6 Å². The highest BCUT2D eigenvalue weighted by Gasteiger charge is 2.43. The number of rotatable bonds is 4. The summed E-state index contributed by atoms with van der Waals surface area (Å²) in [5.41, 5.74) is 2.30. The van der Waals surface area contributed by atoms with Crippen molar-refractivity contribution in [3.05, 3.63) is 116 Å². The monoisotopic (exact) mass is 552 g/mol. The van der Waals surface area contributed by atoms with Crippen molar-refractivity contribution in [2.24, 2.45) is 0 Å². The van der Waals surface area contributed by atoms with Crippen LogP contribution in [0.5, 0.6) is 0 Å². The summed E-state index contributed by atoms with van der Waals surface area (Å²) in [5.74, 6) is 0.253. The number of halogens is 2. The summed E-state index contributed by atoms with van der Waals surface area (Å²) < 4.78 is 25.4. The van der Waals surface area contributed by atoms with Gasteiger partial charge in [-0.3, -0.25) is 19.1 Å². The van der Waals surface area contributed by atoms with Gasteiger partial charge in [-0.1, -0.05) is 59.6 Å². The van der Waals surface area contributed by atoms with E-state index in [0.29, 0.717) is 27.0 Å². The second-order valence-corrected chi connectivity index (χ2v) is 11.8. The number of carbonyl (C=O) groups excluding carboxylic acids is 1. The Bertz CT molecular complexity index is 1660. The SMILES string of the molecule is CC(=O)N1c2ccc(-c3ccc(S(C)(=O)=O)cc3)c(=O)n2[C@H](c2ccc(Cl)cc2)[C@@H]1c1ccc(Cl)cc1. The minimum atomic E-state index is -3.38. The Hall–Kier alpha value is -3.39. The zero-order chi connectivity index (χ0) is 26.5. The summed E-state index contributed by atoms with van der Waals surface area (Å²) >= 11 is 12.3. The van der Waals surface area contributed by atoms with Gasteiger partial charge in [0.2, 0.25) is 5.91 Å². The van der Waals surface area contributed by atoms with Crippen LogP contribution in [0.2, 0.25) is 10.0 Å². The smallest absolute Gasteiger partial charge is 0.260 e. The lowest BCUT2D eigenvalue weighted by molar-refractivity contribution is -0.117. The highest BCUT2D eigenvalue weighted by Crippen LogP contribution is 2.47. The number of nitrogens with zero attached hydrogens (tertiary/aromatic N) is 2. The maximum atomic E-state index is 14.1. The van der Waals surface area contributed by atoms with Crippen molar-refractivity contribution in [2.45, 2.75) is 23.9 Å². The molecule has 0 aliphatic carbocycles. The van der Waals surface area contributed by atoms with E-state index in [1.165, 1.54) is 19.1 Å². The molecule has 2 atom stereocenters. The molecule has 0 saturated carbocycles. The molecule has 37 heavy (non-hydrogen) atoms. The maximum absolute atomic E-state index is 14.1. The van der Waals surface area contributed by atoms with E-state index in [0.717, 1.165) is 17.4 Å². The lowest BCUT2D eigenvalue weighted by atomic mass is 9.93. The third-order valence-corrected chi connectivity index (χ3v) is 8.19. The van der Waals surface area contributed by atoms with Gasteiger partial charge in [-0.2, -0.15) is 0 Å². The van der Waals surface area contributed by atoms with Crippen LogP contribution in [0.4, 0.5) is 5.82 Å². The number of aromatic nitrogens is 1. The minimum Gasteiger partial charge on any atom is -0.288 e. The zero-order valence-electron chi connectivity index (χ0n) is 19.9. The van der Waals surface area contributed by atoms with Gasteiger partial charge in [0.05, 0.1) is 17.0 Å². The maximum Gasteiger partial charge on any atom is 0.260 e. The average Bonchev–Trinajstić information content (AvgIpc) is 3.21. The number of pyridine rings is 1. The Balaban J connectivity index is 1.75. The van der Waals surface area contributed by atoms with E-state index in [2.05, 4.69) is 0 Å². The van der Waals surface area contributed by atoms with Crippen molar-refractivity contribution < 1.29 is 13.2 Å². The molecule has 3 aromatic carbocycles. The number of fused-ring (bicyclic) bond motifs is 1. The molecule has 0 fully saturated rings. The van der Waals surface area contributed by atoms with E-state index in [4.69, 9.17) is 23.2 Å². The minimum absolute atomic E-state index is 0.169. The van der Waals surface area contributed by atoms with Gasteiger partial charge in [0.1, 0.15) is 5.82 Å². The van der Waals surface area contributed by atoms with E-state index in [-0.39, 0.29) is 16.4 Å². The van der Waals surface area contributed by atoms with E-state index in [9.17, 15) is 18.0 Å². The van der Waals surface area contributed by atoms with Gasteiger partial charge < -0.3 is 0 Å². The number of anilines is 1. The van der Waals surface area contributed by atoms with Crippen LogP contribution >= 0.6 is 23.2 Å². The van der Waals surface area contributed by atoms with Crippen LogP contribution in [-0.4, -0.2) is 25.1 Å². The molecule has 188 valence electrons. The van der Waals surface area contributed by atoms with Crippen LogP contribution in [0.3, 0.4) is 0 Å². The molecule has 6 nitrogen and oxygen atoms in total. The number of hydrogen-bond acceptors (Lipinski definition) is 4. The molecule has 0 bridgehead atoms. The second kappa shape index (κ2) is 9.49. The Labute approximate surface area is 224 Å². The number of carbonyl (C=O) groups is 1. The molecule has 1 aromatic heterocycles. The zero-order valence-corrected chi connectivity index (χ0v) is 22.3. The largest absolute Gasteiger partial charge is 0.288 e. The summed E-state index contributed by atoms with van der Waals surface area (Å²) in [5, 5.41) is 1.12. The first-order chi connectivity index (χ1) is 17.6. The fourth-order valence-corrected chi connectivity index (χ4v) is 5.76. The first-order valence-electron chi connectivity index (χ1n) is 11.4. The molecule has 1 amide bonds. The Morgan fingerprint density at radius 3 is 1.76 bits per heavy atom. The molecule has 1 aliphatic heterocycles. The van der Waals surface area contributed by atoms with E-state index < -0.39 is 21.9 Å². The van der Waals surface area contributed by atoms with Gasteiger partial charge in [-0.25, -0.2) is 8.42 Å². The first kappa shape index (κ1) is 25.3. The van der Waals surface area contributed by atoms with Gasteiger partial charge in [0.15, 0.2) is 9.84 Å². The molecule has 0 radical (unpaired) electrons. The van der Waals surface area contributed by atoms with Crippen molar-refractivity contribution in [3.8, 4) is 11.1 Å². The topological polar surface area (TPSA) is 76.5 Å². The fraction of sp³-hybridized carbons (Fsp3) is 0.143. The molecule has 2 heterocycles.